The summed E-state index contributed by atoms with van der Waals surface area (Å²) in [6, 6.07) is 2.53. The Labute approximate surface area is 112 Å². The van der Waals surface area contributed by atoms with E-state index in [2.05, 4.69) is 5.32 Å². The zero-order chi connectivity index (χ0) is 13.3. The largest absolute Gasteiger partial charge is 0.366 e. The summed E-state index contributed by atoms with van der Waals surface area (Å²) in [6.45, 7) is 0. The molecule has 1 aliphatic heterocycles. The number of rotatable bonds is 2. The van der Waals surface area contributed by atoms with Crippen molar-refractivity contribution in [2.45, 2.75) is 6.04 Å². The van der Waals surface area contributed by atoms with E-state index in [1.54, 1.807) is 6.07 Å². The van der Waals surface area contributed by atoms with Crippen LogP contribution >= 0.6 is 23.2 Å². The number of halogens is 2. The second-order valence-electron chi connectivity index (χ2n) is 3.51. The molecule has 0 atom stereocenters. The van der Waals surface area contributed by atoms with E-state index < -0.39 is 23.9 Å². The quantitative estimate of drug-likeness (QED) is 0.712. The molecular weight excluding hydrogens is 281 g/mol. The number of barbiturate groups is 1. The normalized spacial score (nSPS) is 16.2. The zero-order valence-corrected chi connectivity index (χ0v) is 10.3. The van der Waals surface area contributed by atoms with Crippen molar-refractivity contribution in [1.29, 1.82) is 0 Å². The summed E-state index contributed by atoms with van der Waals surface area (Å²) in [5, 5.41) is 7.24. The predicted octanol–water partition coefficient (Wildman–Crippen LogP) is 1.14. The lowest BCUT2D eigenvalue weighted by molar-refractivity contribution is -0.130. The molecule has 0 spiro atoms. The maximum atomic E-state index is 11.5. The molecule has 94 valence electrons. The van der Waals surface area contributed by atoms with Gasteiger partial charge in [-0.25, -0.2) is 4.79 Å². The third-order valence-corrected chi connectivity index (χ3v) is 2.97. The Morgan fingerprint density at radius 3 is 2.17 bits per heavy atom. The molecule has 1 saturated heterocycles. The fraction of sp³-hybridized carbons (Fsp3) is 0.100. The molecule has 2 rings (SSSR count). The maximum absolute atomic E-state index is 11.5. The van der Waals surface area contributed by atoms with Crippen molar-refractivity contribution in [3.63, 3.8) is 0 Å². The first-order chi connectivity index (χ1) is 8.47. The predicted molar refractivity (Wildman–Crippen MR) is 65.6 cm³/mol. The number of carbonyl (C=O) groups excluding carboxylic acids is 3. The highest BCUT2D eigenvalue weighted by Gasteiger charge is 2.34. The minimum absolute atomic E-state index is 0.286. The lowest BCUT2D eigenvalue weighted by Gasteiger charge is -2.22. The molecule has 0 aliphatic carbocycles. The molecule has 1 aromatic rings. The second-order valence-corrected chi connectivity index (χ2v) is 4.33. The zero-order valence-electron chi connectivity index (χ0n) is 8.79. The molecule has 0 aromatic heterocycles. The van der Waals surface area contributed by atoms with Crippen molar-refractivity contribution in [2.24, 2.45) is 0 Å². The Hall–Kier alpha value is -1.79. The van der Waals surface area contributed by atoms with Crippen molar-refractivity contribution < 1.29 is 14.4 Å². The molecule has 0 radical (unpaired) electrons. The van der Waals surface area contributed by atoms with Crippen LogP contribution in [0.15, 0.2) is 18.2 Å². The Morgan fingerprint density at radius 1 is 1.00 bits per heavy atom. The van der Waals surface area contributed by atoms with Crippen LogP contribution in [0.1, 0.15) is 0 Å². The second kappa shape index (κ2) is 4.83. The van der Waals surface area contributed by atoms with Crippen LogP contribution in [0.4, 0.5) is 10.5 Å². The van der Waals surface area contributed by atoms with Crippen LogP contribution in [0.2, 0.25) is 10.0 Å². The number of urea groups is 1. The molecule has 4 amide bonds. The van der Waals surface area contributed by atoms with Gasteiger partial charge in [-0.15, -0.1) is 0 Å². The molecule has 1 aliphatic rings. The highest BCUT2D eigenvalue weighted by atomic mass is 35.5. The lowest BCUT2D eigenvalue weighted by Crippen LogP contribution is -2.61. The van der Waals surface area contributed by atoms with Gasteiger partial charge in [0.2, 0.25) is 0 Å². The standard InChI is InChI=1S/C10H7Cl2N3O3/c11-5-2-1-4(3-6(5)12)13-7-8(16)14-10(18)15-9(7)17/h1-3,7,13H,(H2,14,15,16,17,18). The Kier molecular flexibility index (Phi) is 3.40. The third kappa shape index (κ3) is 2.55. The van der Waals surface area contributed by atoms with E-state index in [9.17, 15) is 14.4 Å². The molecule has 0 bridgehead atoms. The van der Waals surface area contributed by atoms with Gasteiger partial charge in [-0.3, -0.25) is 20.2 Å². The molecule has 6 nitrogen and oxygen atoms in total. The fourth-order valence-electron chi connectivity index (χ4n) is 1.40. The molecule has 1 aromatic carbocycles. The van der Waals surface area contributed by atoms with E-state index in [4.69, 9.17) is 23.2 Å². The van der Waals surface area contributed by atoms with Crippen LogP contribution in [0, 0.1) is 0 Å². The Bertz CT molecular complexity index is 527. The van der Waals surface area contributed by atoms with Crippen LogP contribution in [0.25, 0.3) is 0 Å². The van der Waals surface area contributed by atoms with Gasteiger partial charge >= 0.3 is 6.03 Å². The highest BCUT2D eigenvalue weighted by Crippen LogP contribution is 2.25. The number of carbonyl (C=O) groups is 3. The Morgan fingerprint density at radius 2 is 1.61 bits per heavy atom. The molecule has 8 heteroatoms. The molecule has 18 heavy (non-hydrogen) atoms. The van der Waals surface area contributed by atoms with Crippen LogP contribution < -0.4 is 16.0 Å². The van der Waals surface area contributed by atoms with Gasteiger partial charge in [-0.05, 0) is 18.2 Å². The van der Waals surface area contributed by atoms with Crippen LogP contribution in [0.5, 0.6) is 0 Å². The molecular formula is C10H7Cl2N3O3. The minimum Gasteiger partial charge on any atom is -0.366 e. The van der Waals surface area contributed by atoms with E-state index >= 15 is 0 Å². The molecule has 0 saturated carbocycles. The summed E-state index contributed by atoms with van der Waals surface area (Å²) in [5.74, 6) is -1.45. The van der Waals surface area contributed by atoms with E-state index in [-0.39, 0.29) is 5.02 Å². The number of anilines is 1. The fourth-order valence-corrected chi connectivity index (χ4v) is 1.70. The molecule has 0 unspecified atom stereocenters. The van der Waals surface area contributed by atoms with Crippen molar-refractivity contribution in [3.8, 4) is 0 Å². The van der Waals surface area contributed by atoms with Gasteiger partial charge in [0, 0.05) is 5.69 Å². The number of hydrogen-bond acceptors (Lipinski definition) is 4. The Balaban J connectivity index is 2.17. The number of hydrogen-bond donors (Lipinski definition) is 3. The van der Waals surface area contributed by atoms with Crippen molar-refractivity contribution in [2.75, 3.05) is 5.32 Å². The number of nitrogens with one attached hydrogen (secondary N) is 3. The van der Waals surface area contributed by atoms with Gasteiger partial charge in [-0.2, -0.15) is 0 Å². The van der Waals surface area contributed by atoms with Gasteiger partial charge < -0.3 is 5.32 Å². The van der Waals surface area contributed by atoms with E-state index in [0.29, 0.717) is 10.7 Å². The summed E-state index contributed by atoms with van der Waals surface area (Å²) in [7, 11) is 0. The van der Waals surface area contributed by atoms with E-state index in [1.807, 2.05) is 10.6 Å². The van der Waals surface area contributed by atoms with Crippen molar-refractivity contribution >= 4 is 46.7 Å². The summed E-state index contributed by atoms with van der Waals surface area (Å²) >= 11 is 11.5. The monoisotopic (exact) mass is 287 g/mol. The van der Waals surface area contributed by atoms with Gasteiger partial charge in [0.1, 0.15) is 0 Å². The summed E-state index contributed by atoms with van der Waals surface area (Å²) in [5.41, 5.74) is 0.439. The van der Waals surface area contributed by atoms with Gasteiger partial charge in [-0.1, -0.05) is 23.2 Å². The SMILES string of the molecule is O=C1NC(=O)C(Nc2ccc(Cl)c(Cl)c2)C(=O)N1. The topological polar surface area (TPSA) is 87.3 Å². The van der Waals surface area contributed by atoms with E-state index in [1.165, 1.54) is 12.1 Å². The van der Waals surface area contributed by atoms with E-state index in [0.717, 1.165) is 0 Å². The first kappa shape index (κ1) is 12.7. The average molecular weight is 288 g/mol. The third-order valence-electron chi connectivity index (χ3n) is 2.23. The summed E-state index contributed by atoms with van der Waals surface area (Å²) < 4.78 is 0. The first-order valence-corrected chi connectivity index (χ1v) is 5.60. The van der Waals surface area contributed by atoms with Gasteiger partial charge in [0.05, 0.1) is 10.0 Å². The highest BCUT2D eigenvalue weighted by molar-refractivity contribution is 6.42. The lowest BCUT2D eigenvalue weighted by atomic mass is 10.2. The van der Waals surface area contributed by atoms with Crippen LogP contribution in [-0.4, -0.2) is 23.9 Å². The van der Waals surface area contributed by atoms with Gasteiger partial charge in [0.15, 0.2) is 6.04 Å². The van der Waals surface area contributed by atoms with Crippen molar-refractivity contribution in [3.05, 3.63) is 28.2 Å². The summed E-state index contributed by atoms with van der Waals surface area (Å²) in [4.78, 5) is 33.8. The summed E-state index contributed by atoms with van der Waals surface area (Å²) in [6.07, 6.45) is 0. The molecule has 1 fully saturated rings. The van der Waals surface area contributed by atoms with Crippen LogP contribution in [-0.2, 0) is 9.59 Å². The number of amides is 4. The maximum Gasteiger partial charge on any atom is 0.328 e. The smallest absolute Gasteiger partial charge is 0.328 e. The van der Waals surface area contributed by atoms with Crippen LogP contribution in [0.3, 0.4) is 0 Å². The number of imide groups is 2. The first-order valence-electron chi connectivity index (χ1n) is 4.84. The average Bonchev–Trinajstić information content (AvgIpc) is 2.28. The van der Waals surface area contributed by atoms with Gasteiger partial charge in [0.25, 0.3) is 11.8 Å². The van der Waals surface area contributed by atoms with Crippen molar-refractivity contribution in [1.82, 2.24) is 10.6 Å². The number of benzene rings is 1. The molecule has 1 heterocycles. The molecule has 3 N–H and O–H groups in total. The minimum atomic E-state index is -1.19.